The quantitative estimate of drug-likeness (QED) is 0.0456. The van der Waals surface area contributed by atoms with Crippen molar-refractivity contribution in [2.45, 2.75) is 71.4 Å². The van der Waals surface area contributed by atoms with Crippen molar-refractivity contribution in [2.75, 3.05) is 6.67 Å². The van der Waals surface area contributed by atoms with E-state index in [4.69, 9.17) is 5.11 Å². The number of carboxylic acids is 2. The minimum Gasteiger partial charge on any atom is -0.481 e. The number of aliphatic carboxylic acids is 2. The van der Waals surface area contributed by atoms with Crippen LogP contribution in [0.2, 0.25) is 0 Å². The van der Waals surface area contributed by atoms with E-state index in [2.05, 4.69) is 20.9 Å². The molecule has 0 aliphatic rings. The highest BCUT2D eigenvalue weighted by molar-refractivity contribution is 5.99. The molecule has 6 N–H and O–H groups in total. The van der Waals surface area contributed by atoms with E-state index in [0.717, 1.165) is 19.3 Å². The zero-order chi connectivity index (χ0) is 32.8. The summed E-state index contributed by atoms with van der Waals surface area (Å²) in [6.45, 7) is 5.20. The monoisotopic (exact) mass is 649 g/mol. The number of hydrogen-bond donors (Lipinski definition) is 6. The lowest BCUT2D eigenvalue weighted by atomic mass is 9.90. The molecule has 45 heavy (non-hydrogen) atoms. The van der Waals surface area contributed by atoms with Gasteiger partial charge in [-0.25, -0.2) is 14.8 Å². The Morgan fingerprint density at radius 3 is 2.29 bits per heavy atom. The molecule has 0 spiro atoms. The summed E-state index contributed by atoms with van der Waals surface area (Å²) in [5.74, 6) is -5.23. The highest BCUT2D eigenvalue weighted by Gasteiger charge is 2.30. The summed E-state index contributed by atoms with van der Waals surface area (Å²) in [5, 5.41) is 36.0. The van der Waals surface area contributed by atoms with E-state index in [-0.39, 0.29) is 36.7 Å². The molecule has 0 aliphatic carbocycles. The number of hydrogen-bond acceptors (Lipinski definition) is 8. The lowest BCUT2D eigenvalue weighted by Gasteiger charge is -2.29. The first-order valence-electron chi connectivity index (χ1n) is 14.2. The van der Waals surface area contributed by atoms with Crippen LogP contribution in [-0.4, -0.2) is 80.3 Å². The highest BCUT2D eigenvalue weighted by Crippen LogP contribution is 2.22. The number of nitrogens with zero attached hydrogens (tertiary/aromatic N) is 2. The van der Waals surface area contributed by atoms with Gasteiger partial charge in [-0.15, -0.1) is 12.4 Å². The van der Waals surface area contributed by atoms with Gasteiger partial charge in [-0.05, 0) is 49.6 Å². The van der Waals surface area contributed by atoms with Gasteiger partial charge in [0.05, 0.1) is 30.7 Å². The van der Waals surface area contributed by atoms with E-state index < -0.39 is 54.1 Å². The fourth-order valence-electron chi connectivity index (χ4n) is 4.69. The number of unbranched alkanes of at least 4 members (excludes halogenated alkanes) is 2. The Labute approximate surface area is 267 Å². The Balaban J connectivity index is 0.0000101. The minimum atomic E-state index is -1.60. The molecule has 246 valence electrons. The molecule has 1 heterocycles. The number of rotatable bonds is 18. The van der Waals surface area contributed by atoms with Gasteiger partial charge in [0.15, 0.2) is 0 Å². The normalized spacial score (nSPS) is 12.4. The first-order valence-corrected chi connectivity index (χ1v) is 14.2. The number of aromatic nitrogens is 1. The van der Waals surface area contributed by atoms with Crippen LogP contribution in [0.5, 0.6) is 0 Å². The lowest BCUT2D eigenvalue weighted by Crippen LogP contribution is -2.47. The second-order valence-electron chi connectivity index (χ2n) is 10.2. The number of carbonyl (C=O) groups is 6. The van der Waals surface area contributed by atoms with E-state index in [1.807, 2.05) is 6.92 Å². The zero-order valence-electron chi connectivity index (χ0n) is 25.3. The maximum atomic E-state index is 12.9. The molecular weight excluding hydrogens is 610 g/mol. The van der Waals surface area contributed by atoms with Gasteiger partial charge in [0.1, 0.15) is 11.7 Å². The van der Waals surface area contributed by atoms with Crippen LogP contribution < -0.4 is 16.0 Å². The summed E-state index contributed by atoms with van der Waals surface area (Å²) >= 11 is 0. The second-order valence-corrected chi connectivity index (χ2v) is 10.2. The van der Waals surface area contributed by atoms with Gasteiger partial charge >= 0.3 is 11.9 Å². The number of carboxylic acid groups (broad SMARTS) is 2. The maximum Gasteiger partial charge on any atom is 0.326 e. The van der Waals surface area contributed by atoms with Gasteiger partial charge in [0, 0.05) is 11.1 Å². The Morgan fingerprint density at radius 1 is 1.00 bits per heavy atom. The van der Waals surface area contributed by atoms with Crippen LogP contribution in [0, 0.1) is 12.8 Å². The topological polar surface area (TPSA) is 215 Å². The first-order chi connectivity index (χ1) is 20.9. The van der Waals surface area contributed by atoms with Crippen LogP contribution in [-0.2, 0) is 19.2 Å². The molecule has 1 aromatic carbocycles. The van der Waals surface area contributed by atoms with E-state index in [0.29, 0.717) is 34.7 Å². The van der Waals surface area contributed by atoms with Gasteiger partial charge in [0.25, 0.3) is 11.8 Å². The van der Waals surface area contributed by atoms with Crippen molar-refractivity contribution in [1.82, 2.24) is 26.0 Å². The summed E-state index contributed by atoms with van der Waals surface area (Å²) in [5.41, 5.74) is 1.64. The van der Waals surface area contributed by atoms with Crippen molar-refractivity contribution in [1.29, 1.82) is 0 Å². The number of amides is 4. The van der Waals surface area contributed by atoms with Gasteiger partial charge < -0.3 is 26.2 Å². The molecule has 1 aromatic heterocycles. The Kier molecular flexibility index (Phi) is 16.2. The van der Waals surface area contributed by atoms with Gasteiger partial charge in [-0.2, -0.15) is 0 Å². The number of carbonyl (C=O) groups excluding carboxylic acids is 4. The van der Waals surface area contributed by atoms with E-state index in [1.165, 1.54) is 12.1 Å². The second kappa shape index (κ2) is 19.0. The minimum absolute atomic E-state index is 0. The fraction of sp³-hybridized carbons (Fsp3) is 0.433. The van der Waals surface area contributed by atoms with Crippen LogP contribution >= 0.6 is 12.4 Å². The standard InChI is InChI=1S/C30H39N5O9.ClH/c1-4-6-7-9-21(25(5-2)35(44)17-36)27(39)31-16-32-29(41)23-11-8-10-22(33-23)19-12-13-20(18(3)14-19)28(40)34-24(30(42)43)15-26(37)38;/h8,10-14,17,21,24-25,44H,4-7,9,15-16H2,1-3H3,(H,31,39)(H,32,41)(H,34,40)(H,37,38)(H,42,43);1H/t21-,24+,25-;/m1./s1. The van der Waals surface area contributed by atoms with E-state index >= 15 is 0 Å². The molecule has 0 unspecified atom stereocenters. The Bertz CT molecular complexity index is 1360. The summed E-state index contributed by atoms with van der Waals surface area (Å²) in [6, 6.07) is 7.08. The predicted molar refractivity (Wildman–Crippen MR) is 165 cm³/mol. The number of aryl methyl sites for hydroxylation is 1. The lowest BCUT2D eigenvalue weighted by molar-refractivity contribution is -0.168. The molecular formula is C30H40ClN5O9. The maximum absolute atomic E-state index is 12.9. The third-order valence-electron chi connectivity index (χ3n) is 7.03. The molecule has 0 saturated carbocycles. The molecule has 3 atom stereocenters. The predicted octanol–water partition coefficient (Wildman–Crippen LogP) is 2.76. The molecule has 0 fully saturated rings. The Hall–Kier alpha value is -4.56. The molecule has 0 saturated heterocycles. The van der Waals surface area contributed by atoms with Crippen molar-refractivity contribution >= 4 is 48.5 Å². The molecule has 0 bridgehead atoms. The molecule has 15 heteroatoms. The third-order valence-corrected chi connectivity index (χ3v) is 7.03. The third kappa shape index (κ3) is 11.5. The molecule has 4 amide bonds. The molecule has 14 nitrogen and oxygen atoms in total. The van der Waals surface area contributed by atoms with E-state index in [1.54, 1.807) is 38.1 Å². The average Bonchev–Trinajstić information content (AvgIpc) is 2.99. The van der Waals surface area contributed by atoms with Crippen molar-refractivity contribution in [2.24, 2.45) is 5.92 Å². The zero-order valence-corrected chi connectivity index (χ0v) is 26.1. The van der Waals surface area contributed by atoms with Crippen LogP contribution in [0.4, 0.5) is 0 Å². The first kappa shape index (κ1) is 38.5. The summed E-state index contributed by atoms with van der Waals surface area (Å²) < 4.78 is 0. The number of benzene rings is 1. The van der Waals surface area contributed by atoms with E-state index in [9.17, 15) is 39.1 Å². The van der Waals surface area contributed by atoms with Crippen LogP contribution in [0.3, 0.4) is 0 Å². The molecule has 0 aliphatic heterocycles. The fourth-order valence-corrected chi connectivity index (χ4v) is 4.69. The van der Waals surface area contributed by atoms with Gasteiger partial charge in [-0.3, -0.25) is 29.2 Å². The van der Waals surface area contributed by atoms with Gasteiger partial charge in [0.2, 0.25) is 12.3 Å². The number of hydroxylamine groups is 2. The Morgan fingerprint density at radius 2 is 1.71 bits per heavy atom. The SMILES string of the molecule is CCCCC[C@@H](C(=O)NCNC(=O)c1cccc(-c2ccc(C(=O)N[C@@H](CC(=O)O)C(=O)O)c(C)c2)n1)[C@@H](CC)N(O)C=O.Cl. The highest BCUT2D eigenvalue weighted by atomic mass is 35.5. The van der Waals surface area contributed by atoms with Crippen LogP contribution in [0.1, 0.15) is 78.8 Å². The van der Waals surface area contributed by atoms with Crippen molar-refractivity contribution in [3.8, 4) is 11.3 Å². The van der Waals surface area contributed by atoms with Gasteiger partial charge in [-0.1, -0.05) is 45.2 Å². The van der Waals surface area contributed by atoms with Crippen molar-refractivity contribution in [3.63, 3.8) is 0 Å². The van der Waals surface area contributed by atoms with Crippen molar-refractivity contribution < 1.29 is 44.2 Å². The summed E-state index contributed by atoms with van der Waals surface area (Å²) in [7, 11) is 0. The number of pyridine rings is 1. The smallest absolute Gasteiger partial charge is 0.326 e. The van der Waals surface area contributed by atoms with Crippen LogP contribution in [0.25, 0.3) is 11.3 Å². The van der Waals surface area contributed by atoms with Crippen molar-refractivity contribution in [3.05, 3.63) is 53.2 Å². The summed E-state index contributed by atoms with van der Waals surface area (Å²) in [6.07, 6.45) is 2.88. The molecule has 0 radical (unpaired) electrons. The number of nitrogens with one attached hydrogen (secondary N) is 3. The summed E-state index contributed by atoms with van der Waals surface area (Å²) in [4.78, 5) is 76.1. The van der Waals surface area contributed by atoms with Crippen LogP contribution in [0.15, 0.2) is 36.4 Å². The largest absolute Gasteiger partial charge is 0.481 e. The number of halogens is 1. The molecule has 2 rings (SSSR count). The molecule has 2 aromatic rings. The average molecular weight is 650 g/mol.